The Morgan fingerprint density at radius 2 is 2.06 bits per heavy atom. The monoisotopic (exact) mass is 239 g/mol. The van der Waals surface area contributed by atoms with E-state index in [-0.39, 0.29) is 6.42 Å². The third-order valence-corrected chi connectivity index (χ3v) is 2.16. The molecule has 0 aliphatic rings. The van der Waals surface area contributed by atoms with Gasteiger partial charge < -0.3 is 4.74 Å². The number of hydrogen-bond acceptors (Lipinski definition) is 3. The molecule has 0 amide bonds. The number of carbonyl (C=O) groups is 1. The molecule has 0 saturated carbocycles. The van der Waals surface area contributed by atoms with Crippen molar-refractivity contribution in [1.29, 1.82) is 0 Å². The molecule has 0 fully saturated rings. The highest BCUT2D eigenvalue weighted by Gasteiger charge is 2.37. The molecule has 0 bridgehead atoms. The number of nitrogens with one attached hydrogen (secondary N) is 1. The van der Waals surface area contributed by atoms with Crippen LogP contribution >= 0.6 is 0 Å². The van der Waals surface area contributed by atoms with E-state index >= 15 is 0 Å². The van der Waals surface area contributed by atoms with Gasteiger partial charge in [0.2, 0.25) is 0 Å². The summed E-state index contributed by atoms with van der Waals surface area (Å²) in [5.74, 6) is -0.710. The van der Waals surface area contributed by atoms with Crippen LogP contribution < -0.4 is 5.32 Å². The molecule has 94 valence electrons. The zero-order chi connectivity index (χ0) is 12.8. The van der Waals surface area contributed by atoms with Gasteiger partial charge in [-0.05, 0) is 19.8 Å². The second kappa shape index (κ2) is 5.89. The third kappa shape index (κ3) is 5.16. The maximum atomic E-state index is 12.0. The Hall–Kier alpha value is -1.04. The number of halogens is 3. The molecule has 0 aliphatic heterocycles. The van der Waals surface area contributed by atoms with Crippen LogP contribution in [0.2, 0.25) is 0 Å². The lowest BCUT2D eigenvalue weighted by molar-refractivity contribution is -0.152. The maximum absolute atomic E-state index is 12.0. The van der Waals surface area contributed by atoms with Crippen molar-refractivity contribution >= 4 is 5.97 Å². The molecule has 1 unspecified atom stereocenters. The van der Waals surface area contributed by atoms with Gasteiger partial charge in [0, 0.05) is 0 Å². The van der Waals surface area contributed by atoms with Gasteiger partial charge in [0.1, 0.15) is 5.54 Å². The fourth-order valence-electron chi connectivity index (χ4n) is 1.17. The topological polar surface area (TPSA) is 38.3 Å². The van der Waals surface area contributed by atoms with Crippen molar-refractivity contribution in [2.45, 2.75) is 31.5 Å². The van der Waals surface area contributed by atoms with E-state index in [1.54, 1.807) is 0 Å². The van der Waals surface area contributed by atoms with Crippen LogP contribution in [0.1, 0.15) is 19.8 Å². The van der Waals surface area contributed by atoms with Crippen molar-refractivity contribution in [3.63, 3.8) is 0 Å². The average Bonchev–Trinajstić information content (AvgIpc) is 2.21. The van der Waals surface area contributed by atoms with Gasteiger partial charge in [0.15, 0.2) is 0 Å². The van der Waals surface area contributed by atoms with Crippen LogP contribution in [0.5, 0.6) is 0 Å². The van der Waals surface area contributed by atoms with Gasteiger partial charge in [-0.15, -0.1) is 6.58 Å². The molecule has 0 aromatic carbocycles. The van der Waals surface area contributed by atoms with Crippen LogP contribution in [0.25, 0.3) is 0 Å². The van der Waals surface area contributed by atoms with Crippen LogP contribution in [-0.2, 0) is 9.53 Å². The molecule has 0 saturated heterocycles. The first-order valence-corrected chi connectivity index (χ1v) is 4.76. The Kier molecular flexibility index (Phi) is 5.50. The van der Waals surface area contributed by atoms with Crippen molar-refractivity contribution in [2.75, 3.05) is 13.7 Å². The van der Waals surface area contributed by atoms with Gasteiger partial charge in [-0.25, -0.2) is 0 Å². The van der Waals surface area contributed by atoms with E-state index in [9.17, 15) is 18.0 Å². The van der Waals surface area contributed by atoms with Gasteiger partial charge >= 0.3 is 12.1 Å². The molecular weight excluding hydrogens is 223 g/mol. The standard InChI is InChI=1S/C10H16F3NO2/c1-4-5-6-9(2,8(15)16-3)14-7-10(11,12)13/h4,14H,1,5-7H2,2-3H3. The van der Waals surface area contributed by atoms with Crippen LogP contribution in [0.3, 0.4) is 0 Å². The first kappa shape index (κ1) is 15.0. The van der Waals surface area contributed by atoms with Crippen LogP contribution in [0.4, 0.5) is 13.2 Å². The Labute approximate surface area is 92.7 Å². The van der Waals surface area contributed by atoms with E-state index in [4.69, 9.17) is 0 Å². The Morgan fingerprint density at radius 3 is 2.44 bits per heavy atom. The molecule has 0 radical (unpaired) electrons. The van der Waals surface area contributed by atoms with Crippen LogP contribution in [-0.4, -0.2) is 31.3 Å². The first-order chi connectivity index (χ1) is 7.25. The molecule has 16 heavy (non-hydrogen) atoms. The highest BCUT2D eigenvalue weighted by Crippen LogP contribution is 2.19. The van der Waals surface area contributed by atoms with Crippen molar-refractivity contribution in [3.8, 4) is 0 Å². The molecule has 0 rings (SSSR count). The van der Waals surface area contributed by atoms with Gasteiger partial charge in [-0.2, -0.15) is 13.2 Å². The Morgan fingerprint density at radius 1 is 1.50 bits per heavy atom. The molecule has 6 heteroatoms. The Bertz CT molecular complexity index is 253. The molecular formula is C10H16F3NO2. The molecule has 0 spiro atoms. The number of hydrogen-bond donors (Lipinski definition) is 1. The van der Waals surface area contributed by atoms with E-state index in [1.807, 2.05) is 0 Å². The minimum atomic E-state index is -4.36. The number of allylic oxidation sites excluding steroid dienone is 1. The molecule has 0 heterocycles. The predicted molar refractivity (Wildman–Crippen MR) is 53.9 cm³/mol. The second-order valence-electron chi connectivity index (χ2n) is 3.62. The minimum absolute atomic E-state index is 0.208. The fraction of sp³-hybridized carbons (Fsp3) is 0.700. The minimum Gasteiger partial charge on any atom is -0.468 e. The van der Waals surface area contributed by atoms with E-state index in [2.05, 4.69) is 16.6 Å². The molecule has 0 aromatic heterocycles. The summed E-state index contributed by atoms with van der Waals surface area (Å²) < 4.78 is 40.6. The number of rotatable bonds is 6. The summed E-state index contributed by atoms with van der Waals surface area (Å²) in [5.41, 5.74) is -1.33. The smallest absolute Gasteiger partial charge is 0.401 e. The van der Waals surface area contributed by atoms with Gasteiger partial charge in [0.05, 0.1) is 13.7 Å². The molecule has 3 nitrogen and oxygen atoms in total. The summed E-state index contributed by atoms with van der Waals surface area (Å²) in [4.78, 5) is 11.4. The zero-order valence-corrected chi connectivity index (χ0v) is 9.36. The molecule has 0 aromatic rings. The van der Waals surface area contributed by atoms with Crippen LogP contribution in [0, 0.1) is 0 Å². The number of carbonyl (C=O) groups excluding carboxylic acids is 1. The number of esters is 1. The van der Waals surface area contributed by atoms with Gasteiger partial charge in [-0.1, -0.05) is 6.08 Å². The summed E-state index contributed by atoms with van der Waals surface area (Å²) >= 11 is 0. The van der Waals surface area contributed by atoms with Crippen molar-refractivity contribution < 1.29 is 22.7 Å². The van der Waals surface area contributed by atoms with Gasteiger partial charge in [-0.3, -0.25) is 10.1 Å². The Balaban J connectivity index is 4.53. The highest BCUT2D eigenvalue weighted by molar-refractivity contribution is 5.80. The SMILES string of the molecule is C=CCCC(C)(NCC(F)(F)F)C(=O)OC. The summed E-state index contributed by atoms with van der Waals surface area (Å²) in [5, 5.41) is 2.17. The van der Waals surface area contributed by atoms with Gasteiger partial charge in [0.25, 0.3) is 0 Å². The van der Waals surface area contributed by atoms with Crippen molar-refractivity contribution in [1.82, 2.24) is 5.32 Å². The normalized spacial score (nSPS) is 15.3. The lowest BCUT2D eigenvalue weighted by Gasteiger charge is -2.28. The second-order valence-corrected chi connectivity index (χ2v) is 3.62. The fourth-order valence-corrected chi connectivity index (χ4v) is 1.17. The largest absolute Gasteiger partial charge is 0.468 e. The quantitative estimate of drug-likeness (QED) is 0.569. The summed E-state index contributed by atoms with van der Waals surface area (Å²) in [6, 6.07) is 0. The van der Waals surface area contributed by atoms with Crippen molar-refractivity contribution in [3.05, 3.63) is 12.7 Å². The molecule has 0 aliphatic carbocycles. The maximum Gasteiger partial charge on any atom is 0.401 e. The zero-order valence-electron chi connectivity index (χ0n) is 9.36. The number of methoxy groups -OCH3 is 1. The van der Waals surface area contributed by atoms with E-state index in [0.717, 1.165) is 7.11 Å². The molecule has 1 N–H and O–H groups in total. The number of alkyl halides is 3. The average molecular weight is 239 g/mol. The predicted octanol–water partition coefficient (Wildman–Crippen LogP) is 2.04. The summed E-state index contributed by atoms with van der Waals surface area (Å²) in [6.07, 6.45) is -2.18. The lowest BCUT2D eigenvalue weighted by Crippen LogP contribution is -2.53. The van der Waals surface area contributed by atoms with Crippen molar-refractivity contribution in [2.24, 2.45) is 0 Å². The molecule has 1 atom stereocenters. The number of ether oxygens (including phenoxy) is 1. The summed E-state index contributed by atoms with van der Waals surface area (Å²) in [7, 11) is 1.14. The van der Waals surface area contributed by atoms with E-state index in [1.165, 1.54) is 13.0 Å². The van der Waals surface area contributed by atoms with E-state index in [0.29, 0.717) is 6.42 Å². The first-order valence-electron chi connectivity index (χ1n) is 4.76. The summed E-state index contributed by atoms with van der Waals surface area (Å²) in [6.45, 7) is 3.61. The third-order valence-electron chi connectivity index (χ3n) is 2.16. The van der Waals surface area contributed by atoms with Crippen LogP contribution in [0.15, 0.2) is 12.7 Å². The highest BCUT2D eigenvalue weighted by atomic mass is 19.4. The lowest BCUT2D eigenvalue weighted by atomic mass is 9.96. The van der Waals surface area contributed by atoms with E-state index < -0.39 is 24.2 Å².